The van der Waals surface area contributed by atoms with Gasteiger partial charge in [-0.2, -0.15) is 4.98 Å². The molecule has 1 aliphatic rings. The first-order valence-corrected chi connectivity index (χ1v) is 9.18. The quantitative estimate of drug-likeness (QED) is 0.593. The first-order valence-electron chi connectivity index (χ1n) is 9.18. The summed E-state index contributed by atoms with van der Waals surface area (Å²) in [6.45, 7) is 1.77. The topological polar surface area (TPSA) is 125 Å². The molecule has 4 rings (SSSR count). The van der Waals surface area contributed by atoms with Crippen molar-refractivity contribution in [3.63, 3.8) is 0 Å². The normalized spacial score (nSPS) is 15.4. The molecule has 2 heterocycles. The van der Waals surface area contributed by atoms with Crippen LogP contribution in [0.3, 0.4) is 0 Å². The van der Waals surface area contributed by atoms with Gasteiger partial charge in [0.25, 0.3) is 0 Å². The number of nitrogens with one attached hydrogen (secondary N) is 1. The van der Waals surface area contributed by atoms with Gasteiger partial charge in [-0.25, -0.2) is 4.68 Å². The van der Waals surface area contributed by atoms with Crippen LogP contribution in [-0.4, -0.2) is 40.0 Å². The maximum absolute atomic E-state index is 12.4. The summed E-state index contributed by atoms with van der Waals surface area (Å²) in [6.07, 6.45) is 0. The Labute approximate surface area is 172 Å². The predicted molar refractivity (Wildman–Crippen MR) is 110 cm³/mol. The van der Waals surface area contributed by atoms with Gasteiger partial charge in [0, 0.05) is 22.9 Å². The number of aromatic nitrogens is 3. The van der Waals surface area contributed by atoms with Crippen molar-refractivity contribution in [2.45, 2.75) is 13.0 Å². The van der Waals surface area contributed by atoms with Gasteiger partial charge in [0.2, 0.25) is 11.9 Å². The van der Waals surface area contributed by atoms with E-state index >= 15 is 0 Å². The van der Waals surface area contributed by atoms with Crippen molar-refractivity contribution in [3.05, 3.63) is 59.3 Å². The molecule has 4 N–H and O–H groups in total. The zero-order chi connectivity index (χ0) is 21.4. The van der Waals surface area contributed by atoms with Gasteiger partial charge in [-0.3, -0.25) is 4.79 Å². The number of nitrogens with two attached hydrogens (primary N) is 1. The maximum Gasteiger partial charge on any atom is 0.248 e. The summed E-state index contributed by atoms with van der Waals surface area (Å²) < 4.78 is 12.5. The zero-order valence-electron chi connectivity index (χ0n) is 16.7. The number of fused-ring (bicyclic) bond motifs is 1. The fourth-order valence-corrected chi connectivity index (χ4v) is 3.53. The molecule has 1 amide bonds. The van der Waals surface area contributed by atoms with Crippen LogP contribution in [-0.2, 0) is 4.79 Å². The molecule has 1 unspecified atom stereocenters. The fraction of sp³-hybridized carbons (Fsp3) is 0.190. The van der Waals surface area contributed by atoms with Gasteiger partial charge in [-0.1, -0.05) is 0 Å². The molecule has 0 aliphatic carbocycles. The molecule has 0 saturated carbocycles. The fourth-order valence-electron chi connectivity index (χ4n) is 3.53. The number of anilines is 1. The van der Waals surface area contributed by atoms with Crippen LogP contribution < -0.4 is 20.5 Å². The van der Waals surface area contributed by atoms with Crippen LogP contribution in [0.2, 0.25) is 0 Å². The molecule has 1 atom stereocenters. The van der Waals surface area contributed by atoms with Crippen molar-refractivity contribution >= 4 is 11.9 Å². The molecule has 3 aromatic rings. The molecule has 154 valence electrons. The molecule has 0 fully saturated rings. The molecule has 0 saturated heterocycles. The lowest BCUT2D eigenvalue weighted by molar-refractivity contribution is -0.115. The number of carbonyl (C=O) groups excluding carboxylic acids is 1. The molecule has 9 heteroatoms. The molecular formula is C21H21N5O4. The summed E-state index contributed by atoms with van der Waals surface area (Å²) in [4.78, 5) is 16.9. The van der Waals surface area contributed by atoms with Gasteiger partial charge in [0.1, 0.15) is 23.3 Å². The highest BCUT2D eigenvalue weighted by atomic mass is 16.5. The number of phenols is 1. The number of rotatable bonds is 5. The first-order chi connectivity index (χ1) is 14.4. The van der Waals surface area contributed by atoms with Gasteiger partial charge in [0.05, 0.1) is 19.8 Å². The summed E-state index contributed by atoms with van der Waals surface area (Å²) in [7, 11) is 3.11. The third-order valence-electron chi connectivity index (χ3n) is 4.98. The summed E-state index contributed by atoms with van der Waals surface area (Å²) >= 11 is 0. The Morgan fingerprint density at radius 3 is 2.53 bits per heavy atom. The van der Waals surface area contributed by atoms with E-state index in [1.165, 1.54) is 0 Å². The molecule has 2 aromatic carbocycles. The summed E-state index contributed by atoms with van der Waals surface area (Å²) in [6, 6.07) is 11.3. The third kappa shape index (κ3) is 3.20. The highest BCUT2D eigenvalue weighted by molar-refractivity contribution is 5.95. The van der Waals surface area contributed by atoms with Crippen LogP contribution in [0.25, 0.3) is 11.4 Å². The smallest absolute Gasteiger partial charge is 0.248 e. The average Bonchev–Trinajstić information content (AvgIpc) is 3.16. The molecule has 0 radical (unpaired) electrons. The van der Waals surface area contributed by atoms with Gasteiger partial charge in [0.15, 0.2) is 5.82 Å². The predicted octanol–water partition coefficient (Wildman–Crippen LogP) is 2.44. The number of primary amides is 1. The van der Waals surface area contributed by atoms with E-state index in [1.807, 2.05) is 6.07 Å². The molecule has 1 aromatic heterocycles. The Balaban J connectivity index is 1.90. The summed E-state index contributed by atoms with van der Waals surface area (Å²) in [5.74, 6) is 1.62. The summed E-state index contributed by atoms with van der Waals surface area (Å²) in [5, 5.41) is 17.3. The molecular weight excluding hydrogens is 386 g/mol. The van der Waals surface area contributed by atoms with Crippen molar-refractivity contribution in [1.82, 2.24) is 14.8 Å². The lowest BCUT2D eigenvalue weighted by atomic mass is 9.94. The van der Waals surface area contributed by atoms with E-state index in [4.69, 9.17) is 15.2 Å². The van der Waals surface area contributed by atoms with Gasteiger partial charge < -0.3 is 25.6 Å². The average molecular weight is 407 g/mol. The molecule has 0 bridgehead atoms. The van der Waals surface area contributed by atoms with E-state index in [0.717, 1.165) is 5.56 Å². The third-order valence-corrected chi connectivity index (χ3v) is 4.98. The number of ether oxygens (including phenoxy) is 2. The second-order valence-corrected chi connectivity index (χ2v) is 6.79. The number of carbonyl (C=O) groups is 1. The molecule has 1 aliphatic heterocycles. The van der Waals surface area contributed by atoms with E-state index in [0.29, 0.717) is 40.1 Å². The number of benzene rings is 2. The Kier molecular flexibility index (Phi) is 4.78. The SMILES string of the molecule is COc1ccc(C2C(C(N)=O)=C(C)Nc3nc(-c4ccc(O)cc4)nn32)c(OC)c1. The van der Waals surface area contributed by atoms with E-state index in [9.17, 15) is 9.90 Å². The highest BCUT2D eigenvalue weighted by Crippen LogP contribution is 2.40. The Hall–Kier alpha value is -4.01. The van der Waals surface area contributed by atoms with Crippen molar-refractivity contribution in [2.75, 3.05) is 19.5 Å². The van der Waals surface area contributed by atoms with Gasteiger partial charge in [-0.05, 0) is 43.3 Å². The second kappa shape index (κ2) is 7.43. The number of phenolic OH excluding ortho intramolecular Hbond substituents is 1. The van der Waals surface area contributed by atoms with Crippen LogP contribution in [0, 0.1) is 0 Å². The lowest BCUT2D eigenvalue weighted by Gasteiger charge is -2.28. The number of nitrogens with zero attached hydrogens (tertiary/aromatic N) is 3. The number of allylic oxidation sites excluding steroid dienone is 1. The lowest BCUT2D eigenvalue weighted by Crippen LogP contribution is -2.32. The number of hydrogen-bond acceptors (Lipinski definition) is 7. The van der Waals surface area contributed by atoms with E-state index in [2.05, 4.69) is 15.4 Å². The van der Waals surface area contributed by atoms with Crippen LogP contribution in [0.15, 0.2) is 53.7 Å². The van der Waals surface area contributed by atoms with E-state index in [-0.39, 0.29) is 5.75 Å². The minimum Gasteiger partial charge on any atom is -0.508 e. The summed E-state index contributed by atoms with van der Waals surface area (Å²) in [5.41, 5.74) is 8.08. The Morgan fingerprint density at radius 2 is 1.90 bits per heavy atom. The maximum atomic E-state index is 12.4. The standard InChI is InChI=1S/C21H21N5O4/c1-11-17(19(22)28)18(15-9-8-14(29-2)10-16(15)30-3)26-21(23-11)24-20(25-26)12-4-6-13(27)7-5-12/h4-10,18,27H,1-3H3,(H2,22,28)(H,23,24,25). The monoisotopic (exact) mass is 407 g/mol. The largest absolute Gasteiger partial charge is 0.508 e. The van der Waals surface area contributed by atoms with Crippen LogP contribution >= 0.6 is 0 Å². The minimum absolute atomic E-state index is 0.148. The number of methoxy groups -OCH3 is 2. The molecule has 9 nitrogen and oxygen atoms in total. The molecule has 30 heavy (non-hydrogen) atoms. The van der Waals surface area contributed by atoms with Crippen LogP contribution in [0.1, 0.15) is 18.5 Å². The highest BCUT2D eigenvalue weighted by Gasteiger charge is 2.35. The van der Waals surface area contributed by atoms with Crippen molar-refractivity contribution in [3.8, 4) is 28.6 Å². The minimum atomic E-state index is -0.641. The molecule has 0 spiro atoms. The number of amides is 1. The second-order valence-electron chi connectivity index (χ2n) is 6.79. The Morgan fingerprint density at radius 1 is 1.17 bits per heavy atom. The Bertz CT molecular complexity index is 1150. The van der Waals surface area contributed by atoms with Crippen LogP contribution in [0.4, 0.5) is 5.95 Å². The van der Waals surface area contributed by atoms with Crippen molar-refractivity contribution < 1.29 is 19.4 Å². The van der Waals surface area contributed by atoms with E-state index in [1.54, 1.807) is 62.2 Å². The van der Waals surface area contributed by atoms with Gasteiger partial charge in [-0.15, -0.1) is 5.10 Å². The van der Waals surface area contributed by atoms with Crippen LogP contribution in [0.5, 0.6) is 17.2 Å². The van der Waals surface area contributed by atoms with Crippen molar-refractivity contribution in [1.29, 1.82) is 0 Å². The van der Waals surface area contributed by atoms with Crippen molar-refractivity contribution in [2.24, 2.45) is 5.73 Å². The van der Waals surface area contributed by atoms with Gasteiger partial charge >= 0.3 is 0 Å². The van der Waals surface area contributed by atoms with E-state index < -0.39 is 11.9 Å². The first kappa shape index (κ1) is 19.3. The number of hydrogen-bond donors (Lipinski definition) is 3. The zero-order valence-corrected chi connectivity index (χ0v) is 16.7. The number of aromatic hydroxyl groups is 1.